The molecule has 0 aliphatic carbocycles. The Morgan fingerprint density at radius 1 is 1.32 bits per heavy atom. The van der Waals surface area contributed by atoms with E-state index in [0.717, 1.165) is 31.8 Å². The number of sulfonamides is 1. The van der Waals surface area contributed by atoms with Crippen molar-refractivity contribution in [3.05, 3.63) is 29.3 Å². The van der Waals surface area contributed by atoms with Gasteiger partial charge in [0.2, 0.25) is 21.1 Å². The maximum Gasteiger partial charge on any atom is 0.246 e. The van der Waals surface area contributed by atoms with Crippen molar-refractivity contribution in [3.8, 4) is 0 Å². The van der Waals surface area contributed by atoms with E-state index in [9.17, 15) is 13.2 Å². The van der Waals surface area contributed by atoms with E-state index in [-0.39, 0.29) is 6.54 Å². The predicted octanol–water partition coefficient (Wildman–Crippen LogP) is 2.67. The first kappa shape index (κ1) is 19.7. The first-order chi connectivity index (χ1) is 11.7. The van der Waals surface area contributed by atoms with Crippen molar-refractivity contribution < 1.29 is 13.2 Å². The summed E-state index contributed by atoms with van der Waals surface area (Å²) in [5.41, 5.74) is 2.27. The van der Waals surface area contributed by atoms with Gasteiger partial charge in [0.1, 0.15) is 6.54 Å². The molecule has 7 nitrogen and oxygen atoms in total. The lowest BCUT2D eigenvalue weighted by Crippen LogP contribution is -2.38. The molecule has 0 aliphatic heterocycles. The van der Waals surface area contributed by atoms with Crippen LogP contribution in [0.4, 0.5) is 10.8 Å². The number of aromatic nitrogens is 2. The number of aryl methyl sites for hydroxylation is 1. The van der Waals surface area contributed by atoms with Crippen LogP contribution in [0.1, 0.15) is 18.1 Å². The van der Waals surface area contributed by atoms with Gasteiger partial charge in [0.05, 0.1) is 11.9 Å². The topological polar surface area (TPSA) is 92.3 Å². The molecule has 0 atom stereocenters. The van der Waals surface area contributed by atoms with Gasteiger partial charge >= 0.3 is 0 Å². The summed E-state index contributed by atoms with van der Waals surface area (Å²) >= 11 is 2.79. The lowest BCUT2D eigenvalue weighted by atomic mass is 10.1. The van der Waals surface area contributed by atoms with E-state index in [2.05, 4.69) is 15.5 Å². The van der Waals surface area contributed by atoms with Gasteiger partial charge in [-0.2, -0.15) is 0 Å². The van der Waals surface area contributed by atoms with Crippen LogP contribution < -0.4 is 9.62 Å². The summed E-state index contributed by atoms with van der Waals surface area (Å²) in [5, 5.41) is 10.8. The van der Waals surface area contributed by atoms with Crippen molar-refractivity contribution in [2.24, 2.45) is 0 Å². The number of carbonyl (C=O) groups excluding carboxylic acids is 1. The first-order valence-electron chi connectivity index (χ1n) is 7.52. The number of thioether (sulfide) groups is 1. The standard InChI is InChI=1S/C15H20N4O3S3/c1-5-23-15-18-17-14(24-15)16-13(20)9-19(25(4,21)22)12-8-6-7-10(2)11(12)3/h6-8H,5,9H2,1-4H3,(H,16,17,20). The predicted molar refractivity (Wildman–Crippen MR) is 103 cm³/mol. The van der Waals surface area contributed by atoms with Gasteiger partial charge in [-0.3, -0.25) is 14.4 Å². The second-order valence-corrected chi connectivity index (χ2v) is 9.74. The van der Waals surface area contributed by atoms with Gasteiger partial charge < -0.3 is 0 Å². The number of nitrogens with zero attached hydrogens (tertiary/aromatic N) is 3. The van der Waals surface area contributed by atoms with Crippen LogP contribution in [-0.2, 0) is 14.8 Å². The molecule has 1 amide bonds. The van der Waals surface area contributed by atoms with Gasteiger partial charge in [0, 0.05) is 0 Å². The van der Waals surface area contributed by atoms with Crippen molar-refractivity contribution in [1.29, 1.82) is 0 Å². The second kappa shape index (κ2) is 8.15. The molecular weight excluding hydrogens is 380 g/mol. The van der Waals surface area contributed by atoms with Crippen LogP contribution in [0.15, 0.2) is 22.5 Å². The maximum absolute atomic E-state index is 12.3. The highest BCUT2D eigenvalue weighted by Crippen LogP contribution is 2.26. The molecule has 136 valence electrons. The average Bonchev–Trinajstić information content (AvgIpc) is 2.94. The van der Waals surface area contributed by atoms with Crippen molar-refractivity contribution in [3.63, 3.8) is 0 Å². The zero-order valence-corrected chi connectivity index (χ0v) is 16.9. The zero-order chi connectivity index (χ0) is 18.6. The van der Waals surface area contributed by atoms with Gasteiger partial charge in [-0.05, 0) is 36.8 Å². The van der Waals surface area contributed by atoms with Crippen LogP contribution in [0.25, 0.3) is 0 Å². The molecule has 0 aliphatic rings. The van der Waals surface area contributed by atoms with Crippen LogP contribution in [0, 0.1) is 13.8 Å². The first-order valence-corrected chi connectivity index (χ1v) is 11.2. The number of rotatable bonds is 7. The van der Waals surface area contributed by atoms with E-state index >= 15 is 0 Å². The molecule has 0 saturated heterocycles. The number of nitrogens with one attached hydrogen (secondary N) is 1. The Bertz CT molecular complexity index is 865. The number of anilines is 2. The number of hydrogen-bond acceptors (Lipinski definition) is 7. The van der Waals surface area contributed by atoms with Crippen LogP contribution in [0.5, 0.6) is 0 Å². The largest absolute Gasteiger partial charge is 0.299 e. The van der Waals surface area contributed by atoms with Gasteiger partial charge in [0.15, 0.2) is 4.34 Å². The molecule has 25 heavy (non-hydrogen) atoms. The lowest BCUT2D eigenvalue weighted by molar-refractivity contribution is -0.114. The third-order valence-corrected chi connectivity index (χ3v) is 6.43. The minimum atomic E-state index is -3.61. The van der Waals surface area contributed by atoms with Crippen molar-refractivity contribution >= 4 is 49.8 Å². The average molecular weight is 401 g/mol. The maximum atomic E-state index is 12.3. The Morgan fingerprint density at radius 2 is 2.04 bits per heavy atom. The van der Waals surface area contributed by atoms with E-state index in [4.69, 9.17) is 0 Å². The summed E-state index contributed by atoms with van der Waals surface area (Å²) in [4.78, 5) is 12.3. The van der Waals surface area contributed by atoms with Gasteiger partial charge in [0.25, 0.3) is 0 Å². The minimum absolute atomic E-state index is 0.320. The number of carbonyl (C=O) groups is 1. The van der Waals surface area contributed by atoms with Crippen LogP contribution in [0.2, 0.25) is 0 Å². The summed E-state index contributed by atoms with van der Waals surface area (Å²) < 4.78 is 26.2. The second-order valence-electron chi connectivity index (χ2n) is 5.34. The molecule has 2 rings (SSSR count). The zero-order valence-electron chi connectivity index (χ0n) is 14.4. The third kappa shape index (κ3) is 5.16. The summed E-state index contributed by atoms with van der Waals surface area (Å²) in [6.45, 7) is 5.41. The SMILES string of the molecule is CCSc1nnc(NC(=O)CN(c2cccc(C)c2C)S(C)(=O)=O)s1. The van der Waals surface area contributed by atoms with E-state index in [1.165, 1.54) is 23.1 Å². The van der Waals surface area contributed by atoms with Gasteiger partial charge in [-0.25, -0.2) is 8.42 Å². The van der Waals surface area contributed by atoms with Crippen LogP contribution in [-0.4, -0.2) is 43.1 Å². The molecule has 0 unspecified atom stereocenters. The molecule has 2 aromatic rings. The molecule has 1 N–H and O–H groups in total. The third-order valence-electron chi connectivity index (χ3n) is 3.45. The summed E-state index contributed by atoms with van der Waals surface area (Å²) in [6, 6.07) is 5.36. The van der Waals surface area contributed by atoms with E-state index in [1.54, 1.807) is 12.1 Å². The molecule has 0 fully saturated rings. The van der Waals surface area contributed by atoms with Crippen molar-refractivity contribution in [2.45, 2.75) is 25.1 Å². The normalized spacial score (nSPS) is 11.4. The summed E-state index contributed by atoms with van der Waals surface area (Å²) in [5.74, 6) is 0.396. The van der Waals surface area contributed by atoms with Crippen LogP contribution >= 0.6 is 23.1 Å². The molecule has 10 heteroatoms. The Balaban J connectivity index is 2.19. The lowest BCUT2D eigenvalue weighted by Gasteiger charge is -2.24. The number of benzene rings is 1. The molecule has 0 saturated carbocycles. The van der Waals surface area contributed by atoms with Crippen molar-refractivity contribution in [2.75, 3.05) is 28.2 Å². The Hall–Kier alpha value is -1.65. The fourth-order valence-corrected chi connectivity index (χ4v) is 4.69. The highest BCUT2D eigenvalue weighted by atomic mass is 32.2. The molecule has 1 aromatic carbocycles. The monoisotopic (exact) mass is 400 g/mol. The van der Waals surface area contributed by atoms with Crippen LogP contribution in [0.3, 0.4) is 0 Å². The molecular formula is C15H20N4O3S3. The molecule has 0 spiro atoms. The summed E-state index contributed by atoms with van der Waals surface area (Å²) in [6.07, 6.45) is 1.09. The minimum Gasteiger partial charge on any atom is -0.299 e. The smallest absolute Gasteiger partial charge is 0.246 e. The van der Waals surface area contributed by atoms with E-state index in [0.29, 0.717) is 10.8 Å². The highest BCUT2D eigenvalue weighted by molar-refractivity contribution is 8.01. The Labute approximate surface area is 155 Å². The van der Waals surface area contributed by atoms with Gasteiger partial charge in [-0.15, -0.1) is 10.2 Å². The fraction of sp³-hybridized carbons (Fsp3) is 0.400. The molecule has 0 radical (unpaired) electrons. The summed E-state index contributed by atoms with van der Waals surface area (Å²) in [7, 11) is -3.61. The quantitative estimate of drug-likeness (QED) is 0.567. The highest BCUT2D eigenvalue weighted by Gasteiger charge is 2.23. The molecule has 1 heterocycles. The van der Waals surface area contributed by atoms with Gasteiger partial charge in [-0.1, -0.05) is 42.2 Å². The fourth-order valence-electron chi connectivity index (χ4n) is 2.12. The Kier molecular flexibility index (Phi) is 6.42. The molecule has 1 aromatic heterocycles. The number of hydrogen-bond donors (Lipinski definition) is 1. The Morgan fingerprint density at radius 3 is 2.68 bits per heavy atom. The van der Waals surface area contributed by atoms with Crippen molar-refractivity contribution in [1.82, 2.24) is 10.2 Å². The molecule has 0 bridgehead atoms. The number of amides is 1. The van der Waals surface area contributed by atoms with E-state index < -0.39 is 15.9 Å². The van der Waals surface area contributed by atoms with E-state index in [1.807, 2.05) is 26.8 Å².